The van der Waals surface area contributed by atoms with Gasteiger partial charge in [-0.25, -0.2) is 4.68 Å². The van der Waals surface area contributed by atoms with Gasteiger partial charge in [0.2, 0.25) is 10.5 Å². The van der Waals surface area contributed by atoms with E-state index < -0.39 is 0 Å². The smallest absolute Gasteiger partial charge is 0.262 e. The molecule has 0 atom stereocenters. The number of nitrogens with one attached hydrogen (secondary N) is 1. The molecule has 0 radical (unpaired) electrons. The van der Waals surface area contributed by atoms with Crippen molar-refractivity contribution < 1.29 is 0 Å². The van der Waals surface area contributed by atoms with Crippen LogP contribution in [-0.4, -0.2) is 18.7 Å². The Balaban J connectivity index is 1.57. The quantitative estimate of drug-likeness (QED) is 0.452. The number of hydrogen-bond donors (Lipinski definition) is 1. The summed E-state index contributed by atoms with van der Waals surface area (Å²) in [6, 6.07) is 15.6. The van der Waals surface area contributed by atoms with Crippen LogP contribution in [0.5, 0.6) is 0 Å². The molecule has 1 aliphatic rings. The Morgan fingerprint density at radius 3 is 2.55 bits per heavy atom. The summed E-state index contributed by atoms with van der Waals surface area (Å²) in [6.07, 6.45) is 5.70. The first-order chi connectivity index (χ1) is 15.0. The lowest BCUT2D eigenvalue weighted by Gasteiger charge is -2.39. The molecule has 1 aliphatic carbocycles. The molecule has 0 spiro atoms. The Labute approximate surface area is 190 Å². The SMILES string of the molecule is Cn1c(=O)c2ccccc2n2c(=S)n(CNC3(c4ccc(Cl)cc4)CCCCC3)nc12. The molecule has 31 heavy (non-hydrogen) atoms. The molecular weight excluding hydrogens is 430 g/mol. The minimum Gasteiger partial charge on any atom is -0.288 e. The molecule has 0 bridgehead atoms. The molecule has 8 heteroatoms. The number of fused-ring (bicyclic) bond motifs is 3. The van der Waals surface area contributed by atoms with Gasteiger partial charge in [0.05, 0.1) is 17.6 Å². The van der Waals surface area contributed by atoms with Gasteiger partial charge in [0.15, 0.2) is 0 Å². The molecule has 5 rings (SSSR count). The third kappa shape index (κ3) is 3.41. The Hall–Kier alpha value is -2.48. The maximum atomic E-state index is 12.8. The topological polar surface area (TPSA) is 56.3 Å². The van der Waals surface area contributed by atoms with Crippen LogP contribution < -0.4 is 10.9 Å². The summed E-state index contributed by atoms with van der Waals surface area (Å²) < 4.78 is 5.78. The predicted molar refractivity (Wildman–Crippen MR) is 126 cm³/mol. The van der Waals surface area contributed by atoms with Crippen molar-refractivity contribution in [1.82, 2.24) is 24.1 Å². The number of halogens is 1. The fourth-order valence-electron chi connectivity index (χ4n) is 4.77. The number of para-hydroxylation sites is 1. The highest BCUT2D eigenvalue weighted by atomic mass is 35.5. The maximum Gasteiger partial charge on any atom is 0.262 e. The van der Waals surface area contributed by atoms with E-state index in [9.17, 15) is 4.79 Å². The van der Waals surface area contributed by atoms with E-state index in [1.54, 1.807) is 16.3 Å². The average molecular weight is 454 g/mol. The highest BCUT2D eigenvalue weighted by Crippen LogP contribution is 2.37. The second-order valence-electron chi connectivity index (χ2n) is 8.28. The second-order valence-corrected chi connectivity index (χ2v) is 9.08. The number of aryl methyl sites for hydroxylation is 1. The number of aromatic nitrogens is 4. The molecule has 6 nitrogen and oxygen atoms in total. The minimum absolute atomic E-state index is 0.0758. The van der Waals surface area contributed by atoms with Crippen LogP contribution in [0, 0.1) is 4.77 Å². The van der Waals surface area contributed by atoms with Crippen LogP contribution >= 0.6 is 23.8 Å². The van der Waals surface area contributed by atoms with Crippen molar-refractivity contribution in [3.8, 4) is 0 Å². The largest absolute Gasteiger partial charge is 0.288 e. The summed E-state index contributed by atoms with van der Waals surface area (Å²) in [5, 5.41) is 9.83. The van der Waals surface area contributed by atoms with Gasteiger partial charge in [-0.15, -0.1) is 5.10 Å². The van der Waals surface area contributed by atoms with E-state index in [1.807, 2.05) is 40.8 Å². The first-order valence-corrected chi connectivity index (χ1v) is 11.4. The van der Waals surface area contributed by atoms with E-state index >= 15 is 0 Å². The number of nitrogens with zero attached hydrogens (tertiary/aromatic N) is 4. The number of hydrogen-bond acceptors (Lipinski definition) is 4. The molecule has 1 N–H and O–H groups in total. The van der Waals surface area contributed by atoms with Crippen molar-refractivity contribution in [1.29, 1.82) is 0 Å². The van der Waals surface area contributed by atoms with Gasteiger partial charge in [-0.2, -0.15) is 0 Å². The zero-order valence-corrected chi connectivity index (χ0v) is 18.9. The summed E-state index contributed by atoms with van der Waals surface area (Å²) in [5.41, 5.74) is 1.81. The maximum absolute atomic E-state index is 12.8. The van der Waals surface area contributed by atoms with Crippen molar-refractivity contribution >= 4 is 40.5 Å². The second kappa shape index (κ2) is 7.89. The first-order valence-electron chi connectivity index (χ1n) is 10.6. The zero-order valence-electron chi connectivity index (χ0n) is 17.3. The first kappa shape index (κ1) is 20.4. The highest BCUT2D eigenvalue weighted by Gasteiger charge is 2.33. The molecule has 1 fully saturated rings. The van der Waals surface area contributed by atoms with Crippen LogP contribution in [0.25, 0.3) is 16.7 Å². The van der Waals surface area contributed by atoms with Gasteiger partial charge >= 0.3 is 0 Å². The average Bonchev–Trinajstić information content (AvgIpc) is 3.13. The van der Waals surface area contributed by atoms with Gasteiger partial charge in [-0.3, -0.25) is 19.1 Å². The minimum atomic E-state index is -0.138. The fourth-order valence-corrected chi connectivity index (χ4v) is 5.18. The van der Waals surface area contributed by atoms with E-state index in [1.165, 1.54) is 24.8 Å². The van der Waals surface area contributed by atoms with Crippen molar-refractivity contribution in [2.75, 3.05) is 0 Å². The van der Waals surface area contributed by atoms with Gasteiger partial charge in [-0.1, -0.05) is 55.1 Å². The zero-order chi connectivity index (χ0) is 21.6. The molecule has 1 saturated carbocycles. The van der Waals surface area contributed by atoms with Crippen LogP contribution in [0.3, 0.4) is 0 Å². The van der Waals surface area contributed by atoms with Crippen molar-refractivity contribution in [3.05, 3.63) is 74.2 Å². The van der Waals surface area contributed by atoms with Gasteiger partial charge in [0.25, 0.3) is 5.56 Å². The van der Waals surface area contributed by atoms with Crippen molar-refractivity contribution in [3.63, 3.8) is 0 Å². The lowest BCUT2D eigenvalue weighted by molar-refractivity contribution is 0.211. The molecule has 0 saturated heterocycles. The number of benzene rings is 2. The van der Waals surface area contributed by atoms with E-state index in [0.717, 1.165) is 23.4 Å². The van der Waals surface area contributed by atoms with Crippen LogP contribution in [0.15, 0.2) is 53.3 Å². The Morgan fingerprint density at radius 1 is 1.10 bits per heavy atom. The molecule has 0 unspecified atom stereocenters. The van der Waals surface area contributed by atoms with E-state index in [0.29, 0.717) is 22.6 Å². The molecular formula is C23H24ClN5OS. The summed E-state index contributed by atoms with van der Waals surface area (Å²) in [4.78, 5) is 12.8. The predicted octanol–water partition coefficient (Wildman–Crippen LogP) is 4.78. The Bertz CT molecular complexity index is 1380. The van der Waals surface area contributed by atoms with Crippen LogP contribution in [0.1, 0.15) is 37.7 Å². The molecule has 4 aromatic rings. The van der Waals surface area contributed by atoms with Crippen molar-refractivity contribution in [2.24, 2.45) is 7.05 Å². The lowest BCUT2D eigenvalue weighted by Crippen LogP contribution is -2.44. The third-order valence-corrected chi connectivity index (χ3v) is 7.12. The van der Waals surface area contributed by atoms with E-state index in [4.69, 9.17) is 28.9 Å². The molecule has 0 aliphatic heterocycles. The van der Waals surface area contributed by atoms with E-state index in [-0.39, 0.29) is 11.1 Å². The molecule has 2 aromatic carbocycles. The van der Waals surface area contributed by atoms with Crippen LogP contribution in [0.4, 0.5) is 0 Å². The van der Waals surface area contributed by atoms with Crippen LogP contribution in [-0.2, 0) is 19.3 Å². The highest BCUT2D eigenvalue weighted by molar-refractivity contribution is 7.71. The van der Waals surface area contributed by atoms with Gasteiger partial charge in [0.1, 0.15) is 0 Å². The van der Waals surface area contributed by atoms with E-state index in [2.05, 4.69) is 17.4 Å². The molecule has 160 valence electrons. The monoisotopic (exact) mass is 453 g/mol. The van der Waals surface area contributed by atoms with Crippen molar-refractivity contribution in [2.45, 2.75) is 44.3 Å². The normalized spacial score (nSPS) is 16.2. The van der Waals surface area contributed by atoms with Gasteiger partial charge in [0, 0.05) is 17.6 Å². The summed E-state index contributed by atoms with van der Waals surface area (Å²) in [7, 11) is 1.74. The lowest BCUT2D eigenvalue weighted by atomic mass is 9.76. The summed E-state index contributed by atoms with van der Waals surface area (Å²) in [6.45, 7) is 0.464. The Morgan fingerprint density at radius 2 is 1.81 bits per heavy atom. The molecule has 2 heterocycles. The van der Waals surface area contributed by atoms with Gasteiger partial charge < -0.3 is 0 Å². The Kier molecular flexibility index (Phi) is 5.20. The molecule has 0 amide bonds. The van der Waals surface area contributed by atoms with Gasteiger partial charge in [-0.05, 0) is 54.9 Å². The fraction of sp³-hybridized carbons (Fsp3) is 0.348. The third-order valence-electron chi connectivity index (χ3n) is 6.47. The van der Waals surface area contributed by atoms with Crippen LogP contribution in [0.2, 0.25) is 5.02 Å². The standard InChI is InChI=1S/C23H24ClN5OS/c1-27-20(30)18-7-3-4-8-19(18)29-21(27)26-28(22(29)31)15-25-23(13-5-2-6-14-23)16-9-11-17(24)12-10-16/h3-4,7-12,25H,2,5-6,13-15H2,1H3. The summed E-state index contributed by atoms with van der Waals surface area (Å²) in [5.74, 6) is 0.541. The molecule has 2 aromatic heterocycles. The summed E-state index contributed by atoms with van der Waals surface area (Å²) >= 11 is 11.9. The number of rotatable bonds is 4.